The molecule has 0 saturated carbocycles. The normalized spacial score (nSPS) is 10.0. The van der Waals surface area contributed by atoms with E-state index in [-0.39, 0.29) is 6.42 Å². The quantitative estimate of drug-likeness (QED) is 0.502. The summed E-state index contributed by atoms with van der Waals surface area (Å²) >= 11 is 0. The number of halogens is 2. The van der Waals surface area contributed by atoms with Gasteiger partial charge in [-0.25, -0.2) is 8.78 Å². The monoisotopic (exact) mass is 120 g/mol. The predicted octanol–water partition coefficient (Wildman–Crippen LogP) is 2.61. The van der Waals surface area contributed by atoms with Gasteiger partial charge in [-0.1, -0.05) is 5.57 Å². The van der Waals surface area contributed by atoms with Crippen molar-refractivity contribution in [1.29, 1.82) is 0 Å². The van der Waals surface area contributed by atoms with Crippen LogP contribution in [0.4, 0.5) is 8.78 Å². The molecular weight excluding hydrogens is 110 g/mol. The highest BCUT2D eigenvalue weighted by Crippen LogP contribution is 2.07. The molecular formula is C6H10F2. The van der Waals surface area contributed by atoms with Gasteiger partial charge in [-0.05, 0) is 13.3 Å². The molecule has 48 valence electrons. The lowest BCUT2D eigenvalue weighted by Gasteiger charge is -1.95. The van der Waals surface area contributed by atoms with Gasteiger partial charge in [-0.15, -0.1) is 6.58 Å². The molecule has 0 N–H and O–H groups in total. The van der Waals surface area contributed by atoms with Crippen LogP contribution in [-0.4, -0.2) is 6.43 Å². The third-order valence-corrected chi connectivity index (χ3v) is 0.789. The van der Waals surface area contributed by atoms with Gasteiger partial charge in [0, 0.05) is 6.42 Å². The molecule has 8 heavy (non-hydrogen) atoms. The van der Waals surface area contributed by atoms with Crippen LogP contribution in [0.1, 0.15) is 19.8 Å². The largest absolute Gasteiger partial charge is 0.238 e. The van der Waals surface area contributed by atoms with E-state index in [2.05, 4.69) is 6.58 Å². The van der Waals surface area contributed by atoms with Crippen molar-refractivity contribution in [2.75, 3.05) is 0 Å². The first-order valence-corrected chi connectivity index (χ1v) is 2.55. The number of rotatable bonds is 3. The molecule has 0 fully saturated rings. The Kier molecular flexibility index (Phi) is 3.40. The van der Waals surface area contributed by atoms with Crippen LogP contribution in [0, 0.1) is 0 Å². The molecule has 0 saturated heterocycles. The Morgan fingerprint density at radius 1 is 1.62 bits per heavy atom. The maximum Gasteiger partial charge on any atom is 0.238 e. The van der Waals surface area contributed by atoms with Crippen molar-refractivity contribution in [2.45, 2.75) is 26.2 Å². The summed E-state index contributed by atoms with van der Waals surface area (Å²) in [7, 11) is 0. The lowest BCUT2D eigenvalue weighted by atomic mass is 10.2. The summed E-state index contributed by atoms with van der Waals surface area (Å²) in [6, 6.07) is 0. The average Bonchev–Trinajstić information content (AvgIpc) is 1.61. The van der Waals surface area contributed by atoms with Crippen LogP contribution in [-0.2, 0) is 0 Å². The maximum atomic E-state index is 11.4. The Hall–Kier alpha value is -0.400. The molecule has 0 aliphatic heterocycles. The van der Waals surface area contributed by atoms with E-state index in [0.717, 1.165) is 5.57 Å². The van der Waals surface area contributed by atoms with E-state index in [9.17, 15) is 8.78 Å². The minimum Gasteiger partial charge on any atom is -0.211 e. The van der Waals surface area contributed by atoms with Crippen molar-refractivity contribution >= 4 is 0 Å². The van der Waals surface area contributed by atoms with Crippen molar-refractivity contribution in [2.24, 2.45) is 0 Å². The van der Waals surface area contributed by atoms with Gasteiger partial charge in [0.1, 0.15) is 0 Å². The molecule has 0 aromatic carbocycles. The summed E-state index contributed by atoms with van der Waals surface area (Å²) in [5.74, 6) is 0. The molecule has 0 radical (unpaired) electrons. The van der Waals surface area contributed by atoms with Crippen molar-refractivity contribution in [1.82, 2.24) is 0 Å². The van der Waals surface area contributed by atoms with E-state index in [1.807, 2.05) is 0 Å². The Morgan fingerprint density at radius 2 is 2.12 bits per heavy atom. The molecule has 0 spiro atoms. The van der Waals surface area contributed by atoms with Crippen molar-refractivity contribution in [3.8, 4) is 0 Å². The fourth-order valence-electron chi connectivity index (χ4n) is 0.356. The minimum atomic E-state index is -2.17. The molecule has 0 unspecified atom stereocenters. The first kappa shape index (κ1) is 7.60. The minimum absolute atomic E-state index is 0.0463. The van der Waals surface area contributed by atoms with Crippen LogP contribution in [0.3, 0.4) is 0 Å². The van der Waals surface area contributed by atoms with Gasteiger partial charge in [0.2, 0.25) is 6.43 Å². The number of allylic oxidation sites excluding steroid dienone is 1. The third-order valence-electron chi connectivity index (χ3n) is 0.789. The Bertz CT molecular complexity index is 76.6. The smallest absolute Gasteiger partial charge is 0.211 e. The standard InChI is InChI=1S/C6H10F2/c1-5(2)3-4-6(7)8/h6H,1,3-4H2,2H3. The summed E-state index contributed by atoms with van der Waals surface area (Å²) in [4.78, 5) is 0. The van der Waals surface area contributed by atoms with Crippen LogP contribution in [0.25, 0.3) is 0 Å². The SMILES string of the molecule is C=C(C)CCC(F)F. The van der Waals surface area contributed by atoms with Gasteiger partial charge < -0.3 is 0 Å². The molecule has 0 amide bonds. The average molecular weight is 120 g/mol. The van der Waals surface area contributed by atoms with E-state index < -0.39 is 6.43 Å². The maximum absolute atomic E-state index is 11.4. The summed E-state index contributed by atoms with van der Waals surface area (Å²) < 4.78 is 22.7. The first-order chi connectivity index (χ1) is 3.63. The summed E-state index contributed by atoms with van der Waals surface area (Å²) in [6.45, 7) is 5.25. The van der Waals surface area contributed by atoms with E-state index >= 15 is 0 Å². The van der Waals surface area contributed by atoms with Crippen molar-refractivity contribution in [3.05, 3.63) is 12.2 Å². The van der Waals surface area contributed by atoms with Gasteiger partial charge in [0.15, 0.2) is 0 Å². The highest BCUT2D eigenvalue weighted by Gasteiger charge is 1.99. The van der Waals surface area contributed by atoms with Crippen LogP contribution >= 0.6 is 0 Å². The number of hydrogen-bond acceptors (Lipinski definition) is 0. The molecule has 0 bridgehead atoms. The Balaban J connectivity index is 3.05. The summed E-state index contributed by atoms with van der Waals surface area (Å²) in [5, 5.41) is 0. The predicted molar refractivity (Wildman–Crippen MR) is 30.1 cm³/mol. The van der Waals surface area contributed by atoms with E-state index in [1.165, 1.54) is 0 Å². The Labute approximate surface area is 48.2 Å². The van der Waals surface area contributed by atoms with Crippen LogP contribution in [0.2, 0.25) is 0 Å². The summed E-state index contributed by atoms with van der Waals surface area (Å²) in [6.07, 6.45) is -1.78. The fourth-order valence-corrected chi connectivity index (χ4v) is 0.356. The molecule has 0 aliphatic rings. The van der Waals surface area contributed by atoms with Crippen LogP contribution in [0.15, 0.2) is 12.2 Å². The van der Waals surface area contributed by atoms with E-state index in [4.69, 9.17) is 0 Å². The molecule has 0 aliphatic carbocycles. The first-order valence-electron chi connectivity index (χ1n) is 2.55. The molecule has 0 aromatic heterocycles. The molecule has 0 heterocycles. The molecule has 0 nitrogen and oxygen atoms in total. The van der Waals surface area contributed by atoms with Crippen LogP contribution in [0.5, 0.6) is 0 Å². The molecule has 2 heteroatoms. The van der Waals surface area contributed by atoms with Gasteiger partial charge in [0.05, 0.1) is 0 Å². The third kappa shape index (κ3) is 5.60. The molecule has 0 rings (SSSR count). The van der Waals surface area contributed by atoms with Crippen LogP contribution < -0.4 is 0 Å². The van der Waals surface area contributed by atoms with Gasteiger partial charge in [0.25, 0.3) is 0 Å². The lowest BCUT2D eigenvalue weighted by Crippen LogP contribution is -1.88. The zero-order chi connectivity index (χ0) is 6.57. The van der Waals surface area contributed by atoms with Crippen molar-refractivity contribution in [3.63, 3.8) is 0 Å². The zero-order valence-electron chi connectivity index (χ0n) is 4.95. The lowest BCUT2D eigenvalue weighted by molar-refractivity contribution is 0.138. The van der Waals surface area contributed by atoms with Crippen molar-refractivity contribution < 1.29 is 8.78 Å². The highest BCUT2D eigenvalue weighted by molar-refractivity contribution is 4.87. The fraction of sp³-hybridized carbons (Fsp3) is 0.667. The highest BCUT2D eigenvalue weighted by atomic mass is 19.3. The van der Waals surface area contributed by atoms with Gasteiger partial charge in [-0.2, -0.15) is 0 Å². The van der Waals surface area contributed by atoms with E-state index in [1.54, 1.807) is 6.92 Å². The second-order valence-electron chi connectivity index (χ2n) is 1.89. The van der Waals surface area contributed by atoms with Gasteiger partial charge in [-0.3, -0.25) is 0 Å². The second-order valence-corrected chi connectivity index (χ2v) is 1.89. The molecule has 0 aromatic rings. The summed E-state index contributed by atoms with van der Waals surface area (Å²) in [5.41, 5.74) is 0.824. The topological polar surface area (TPSA) is 0 Å². The molecule has 0 atom stereocenters. The zero-order valence-corrected chi connectivity index (χ0v) is 4.95. The van der Waals surface area contributed by atoms with E-state index in [0.29, 0.717) is 6.42 Å². The number of alkyl halides is 2. The second kappa shape index (κ2) is 3.58. The Morgan fingerprint density at radius 3 is 2.25 bits per heavy atom. The number of hydrogen-bond donors (Lipinski definition) is 0. The van der Waals surface area contributed by atoms with Gasteiger partial charge >= 0.3 is 0 Å².